The van der Waals surface area contributed by atoms with E-state index in [1.807, 2.05) is 13.8 Å². The summed E-state index contributed by atoms with van der Waals surface area (Å²) in [7, 11) is 0. The van der Waals surface area contributed by atoms with Crippen LogP contribution in [0.25, 0.3) is 0 Å². The number of benzene rings is 1. The van der Waals surface area contributed by atoms with Crippen LogP contribution in [0.4, 0.5) is 0 Å². The molecule has 4 unspecified atom stereocenters. The second kappa shape index (κ2) is 9.94. The van der Waals surface area contributed by atoms with Gasteiger partial charge in [0.2, 0.25) is 5.91 Å². The van der Waals surface area contributed by atoms with Gasteiger partial charge in [0.05, 0.1) is 0 Å². The molecular formula is C23H36N4O. The summed E-state index contributed by atoms with van der Waals surface area (Å²) in [4.78, 5) is 17.2. The fraction of sp³-hybridized carbons (Fsp3) is 0.652. The predicted molar refractivity (Wildman–Crippen MR) is 115 cm³/mol. The van der Waals surface area contributed by atoms with Gasteiger partial charge in [0.25, 0.3) is 0 Å². The lowest BCUT2D eigenvalue weighted by atomic mass is 9.85. The summed E-state index contributed by atoms with van der Waals surface area (Å²) < 4.78 is 0. The molecule has 0 saturated heterocycles. The van der Waals surface area contributed by atoms with Crippen molar-refractivity contribution >= 4 is 11.9 Å². The number of nitrogens with one attached hydrogen (secondary N) is 3. The van der Waals surface area contributed by atoms with E-state index in [4.69, 9.17) is 4.99 Å². The van der Waals surface area contributed by atoms with Crippen molar-refractivity contribution < 1.29 is 4.79 Å². The zero-order valence-corrected chi connectivity index (χ0v) is 17.6. The minimum atomic E-state index is 0.113. The third kappa shape index (κ3) is 5.98. The van der Waals surface area contributed by atoms with E-state index < -0.39 is 0 Å². The highest BCUT2D eigenvalue weighted by atomic mass is 16.1. The number of nitrogens with zero attached hydrogens (tertiary/aromatic N) is 1. The van der Waals surface area contributed by atoms with Crippen molar-refractivity contribution in [1.29, 1.82) is 0 Å². The van der Waals surface area contributed by atoms with Crippen molar-refractivity contribution in [2.75, 3.05) is 13.1 Å². The molecule has 28 heavy (non-hydrogen) atoms. The maximum Gasteiger partial charge on any atom is 0.223 e. The van der Waals surface area contributed by atoms with Crippen molar-refractivity contribution in [1.82, 2.24) is 16.0 Å². The van der Waals surface area contributed by atoms with Gasteiger partial charge in [0, 0.05) is 31.1 Å². The Labute approximate surface area is 169 Å². The highest BCUT2D eigenvalue weighted by Gasteiger charge is 2.38. The quantitative estimate of drug-likeness (QED) is 0.498. The van der Waals surface area contributed by atoms with Crippen LogP contribution in [0.1, 0.15) is 64.4 Å². The lowest BCUT2D eigenvalue weighted by molar-refractivity contribution is -0.126. The largest absolute Gasteiger partial charge is 0.357 e. The molecule has 2 aliphatic carbocycles. The van der Waals surface area contributed by atoms with Gasteiger partial charge in [-0.05, 0) is 63.9 Å². The van der Waals surface area contributed by atoms with Gasteiger partial charge in [-0.25, -0.2) is 0 Å². The van der Waals surface area contributed by atoms with Gasteiger partial charge in [-0.2, -0.15) is 0 Å². The summed E-state index contributed by atoms with van der Waals surface area (Å²) in [6.45, 7) is 7.85. The molecule has 1 aromatic carbocycles. The Morgan fingerprint density at radius 1 is 1.18 bits per heavy atom. The second-order valence-electron chi connectivity index (χ2n) is 8.60. The highest BCUT2D eigenvalue weighted by Crippen LogP contribution is 2.47. The molecule has 3 N–H and O–H groups in total. The van der Waals surface area contributed by atoms with Gasteiger partial charge >= 0.3 is 0 Å². The standard InChI is InChI=1S/C23H36N4O/c1-4-24-23(25-15-19-14-21(19)17-9-6-5-7-10-17)27-20-12-8-11-18(13-20)22(28)26-16(2)3/h5-7,9-10,16,18-21H,4,8,11-15H2,1-3H3,(H,26,28)(H2,24,25,27). The van der Waals surface area contributed by atoms with Crippen LogP contribution in [0.15, 0.2) is 35.3 Å². The van der Waals surface area contributed by atoms with E-state index in [9.17, 15) is 4.79 Å². The van der Waals surface area contributed by atoms with E-state index in [-0.39, 0.29) is 17.9 Å². The number of guanidine groups is 1. The van der Waals surface area contributed by atoms with Crippen LogP contribution < -0.4 is 16.0 Å². The van der Waals surface area contributed by atoms with Gasteiger partial charge in [-0.15, -0.1) is 0 Å². The molecule has 5 heteroatoms. The van der Waals surface area contributed by atoms with E-state index in [1.54, 1.807) is 0 Å². The molecule has 154 valence electrons. The summed E-state index contributed by atoms with van der Waals surface area (Å²) in [5.74, 6) is 2.52. The average molecular weight is 385 g/mol. The maximum absolute atomic E-state index is 12.4. The molecule has 2 saturated carbocycles. The average Bonchev–Trinajstić information content (AvgIpc) is 3.46. The minimum Gasteiger partial charge on any atom is -0.357 e. The first-order valence-electron chi connectivity index (χ1n) is 11.0. The zero-order valence-electron chi connectivity index (χ0n) is 17.6. The molecule has 0 radical (unpaired) electrons. The monoisotopic (exact) mass is 384 g/mol. The van der Waals surface area contributed by atoms with Crippen molar-refractivity contribution in [2.45, 2.75) is 70.9 Å². The fourth-order valence-corrected chi connectivity index (χ4v) is 4.24. The molecule has 2 aliphatic rings. The number of amides is 1. The summed E-state index contributed by atoms with van der Waals surface area (Å²) in [6.07, 6.45) is 5.30. The van der Waals surface area contributed by atoms with E-state index in [0.29, 0.717) is 17.9 Å². The van der Waals surface area contributed by atoms with E-state index in [2.05, 4.69) is 53.2 Å². The lowest BCUT2D eigenvalue weighted by Crippen LogP contribution is -2.47. The van der Waals surface area contributed by atoms with Crippen LogP contribution in [0.3, 0.4) is 0 Å². The summed E-state index contributed by atoms with van der Waals surface area (Å²) in [5, 5.41) is 10.0. The van der Waals surface area contributed by atoms with Gasteiger partial charge < -0.3 is 16.0 Å². The van der Waals surface area contributed by atoms with E-state index in [1.165, 1.54) is 12.0 Å². The Morgan fingerprint density at radius 3 is 2.68 bits per heavy atom. The molecule has 0 spiro atoms. The number of carbonyl (C=O) groups is 1. The van der Waals surface area contributed by atoms with Crippen molar-refractivity contribution in [3.05, 3.63) is 35.9 Å². The maximum atomic E-state index is 12.4. The van der Waals surface area contributed by atoms with Crippen LogP contribution >= 0.6 is 0 Å². The molecule has 5 nitrogen and oxygen atoms in total. The van der Waals surface area contributed by atoms with Gasteiger partial charge in [0.15, 0.2) is 5.96 Å². The Balaban J connectivity index is 1.51. The molecular weight excluding hydrogens is 348 g/mol. The Hall–Kier alpha value is -2.04. The summed E-state index contributed by atoms with van der Waals surface area (Å²) >= 11 is 0. The molecule has 2 fully saturated rings. The second-order valence-corrected chi connectivity index (χ2v) is 8.60. The SMILES string of the molecule is CCNC(=NCC1CC1c1ccccc1)NC1CCCC(C(=O)NC(C)C)C1. The van der Waals surface area contributed by atoms with Gasteiger partial charge in [0.1, 0.15) is 0 Å². The van der Waals surface area contributed by atoms with Crippen molar-refractivity contribution in [2.24, 2.45) is 16.8 Å². The van der Waals surface area contributed by atoms with Crippen LogP contribution in [-0.2, 0) is 4.79 Å². The number of rotatable bonds is 7. The van der Waals surface area contributed by atoms with Gasteiger partial charge in [-0.3, -0.25) is 9.79 Å². The summed E-state index contributed by atoms with van der Waals surface area (Å²) in [5.41, 5.74) is 1.44. The van der Waals surface area contributed by atoms with Crippen LogP contribution in [0, 0.1) is 11.8 Å². The number of aliphatic imine (C=N–C) groups is 1. The fourth-order valence-electron chi connectivity index (χ4n) is 4.24. The van der Waals surface area contributed by atoms with E-state index in [0.717, 1.165) is 44.7 Å². The van der Waals surface area contributed by atoms with Crippen LogP contribution in [0.5, 0.6) is 0 Å². The first-order valence-corrected chi connectivity index (χ1v) is 11.0. The number of hydrogen-bond acceptors (Lipinski definition) is 2. The Bertz CT molecular complexity index is 658. The first kappa shape index (κ1) is 20.7. The van der Waals surface area contributed by atoms with Crippen molar-refractivity contribution in [3.63, 3.8) is 0 Å². The topological polar surface area (TPSA) is 65.5 Å². The summed E-state index contributed by atoms with van der Waals surface area (Å²) in [6, 6.07) is 11.3. The van der Waals surface area contributed by atoms with E-state index >= 15 is 0 Å². The highest BCUT2D eigenvalue weighted by molar-refractivity contribution is 5.81. The third-order valence-corrected chi connectivity index (χ3v) is 5.80. The number of carbonyl (C=O) groups excluding carboxylic acids is 1. The van der Waals surface area contributed by atoms with Crippen molar-refractivity contribution in [3.8, 4) is 0 Å². The first-order chi connectivity index (χ1) is 13.6. The Kier molecular flexibility index (Phi) is 7.35. The molecule has 0 heterocycles. The molecule has 4 atom stereocenters. The zero-order chi connectivity index (χ0) is 19.9. The molecule has 0 aliphatic heterocycles. The molecule has 1 amide bonds. The molecule has 3 rings (SSSR count). The normalized spacial score (nSPS) is 27.4. The third-order valence-electron chi connectivity index (χ3n) is 5.80. The molecule has 0 bridgehead atoms. The van der Waals surface area contributed by atoms with Crippen LogP contribution in [0.2, 0.25) is 0 Å². The van der Waals surface area contributed by atoms with Gasteiger partial charge in [-0.1, -0.05) is 36.8 Å². The number of hydrogen-bond donors (Lipinski definition) is 3. The Morgan fingerprint density at radius 2 is 1.96 bits per heavy atom. The lowest BCUT2D eigenvalue weighted by Gasteiger charge is -2.30. The van der Waals surface area contributed by atoms with Crippen LogP contribution in [-0.4, -0.2) is 37.0 Å². The molecule has 1 aromatic rings. The molecule has 0 aromatic heterocycles. The minimum absolute atomic E-state index is 0.113. The predicted octanol–water partition coefficient (Wildman–Crippen LogP) is 3.43. The smallest absolute Gasteiger partial charge is 0.223 e.